The predicted molar refractivity (Wildman–Crippen MR) is 73.1 cm³/mol. The van der Waals surface area contributed by atoms with Crippen molar-refractivity contribution in [1.29, 1.82) is 0 Å². The molecule has 112 valence electrons. The lowest BCUT2D eigenvalue weighted by Gasteiger charge is -2.10. The van der Waals surface area contributed by atoms with Gasteiger partial charge in [-0.2, -0.15) is 8.78 Å². The zero-order valence-corrected chi connectivity index (χ0v) is 11.9. The highest BCUT2D eigenvalue weighted by molar-refractivity contribution is 7.92. The first-order chi connectivity index (χ1) is 9.87. The Hall–Kier alpha value is -1.93. The summed E-state index contributed by atoms with van der Waals surface area (Å²) in [6.45, 7) is -2.99. The molecule has 0 radical (unpaired) electrons. The summed E-state index contributed by atoms with van der Waals surface area (Å²) in [4.78, 5) is 3.56. The fourth-order valence-corrected chi connectivity index (χ4v) is 2.58. The van der Waals surface area contributed by atoms with Crippen LogP contribution in [-0.4, -0.2) is 20.0 Å². The number of hydrogen-bond donors (Lipinski definition) is 1. The number of anilines is 1. The third-order valence-corrected chi connectivity index (χ3v) is 3.91. The fourth-order valence-electron chi connectivity index (χ4n) is 1.47. The topological polar surface area (TPSA) is 68.3 Å². The van der Waals surface area contributed by atoms with Crippen molar-refractivity contribution in [2.45, 2.75) is 11.5 Å². The number of alkyl halides is 2. The average molecular weight is 335 g/mol. The van der Waals surface area contributed by atoms with Gasteiger partial charge in [-0.15, -0.1) is 0 Å². The van der Waals surface area contributed by atoms with E-state index in [4.69, 9.17) is 11.6 Å². The third-order valence-electron chi connectivity index (χ3n) is 2.32. The molecule has 0 aliphatic carbocycles. The van der Waals surface area contributed by atoms with Crippen molar-refractivity contribution in [2.24, 2.45) is 0 Å². The molecule has 2 aromatic rings. The summed E-state index contributed by atoms with van der Waals surface area (Å²) >= 11 is 5.58. The predicted octanol–water partition coefficient (Wildman–Crippen LogP) is 3.14. The van der Waals surface area contributed by atoms with Gasteiger partial charge in [-0.3, -0.25) is 4.72 Å². The van der Waals surface area contributed by atoms with Crippen molar-refractivity contribution in [3.8, 4) is 5.75 Å². The molecule has 0 bridgehead atoms. The number of ether oxygens (including phenoxy) is 1. The van der Waals surface area contributed by atoms with Crippen molar-refractivity contribution in [1.82, 2.24) is 4.98 Å². The Labute approximate surface area is 124 Å². The number of aromatic nitrogens is 1. The first-order valence-electron chi connectivity index (χ1n) is 5.56. The van der Waals surface area contributed by atoms with Gasteiger partial charge in [-0.1, -0.05) is 17.7 Å². The van der Waals surface area contributed by atoms with Gasteiger partial charge in [-0.05, 0) is 24.3 Å². The molecule has 0 unspecified atom stereocenters. The molecule has 2 rings (SSSR count). The minimum Gasteiger partial charge on any atom is -0.435 e. The van der Waals surface area contributed by atoms with Crippen molar-refractivity contribution < 1.29 is 21.9 Å². The summed E-state index contributed by atoms with van der Waals surface area (Å²) in [5.74, 6) is -0.153. The van der Waals surface area contributed by atoms with Gasteiger partial charge in [0.2, 0.25) is 0 Å². The van der Waals surface area contributed by atoms with Crippen LogP contribution in [0.5, 0.6) is 5.75 Å². The Morgan fingerprint density at radius 3 is 2.62 bits per heavy atom. The van der Waals surface area contributed by atoms with Crippen LogP contribution in [0.4, 0.5) is 14.5 Å². The molecule has 0 saturated heterocycles. The summed E-state index contributed by atoms with van der Waals surface area (Å²) in [5, 5.41) is 0.154. The molecule has 0 atom stereocenters. The molecule has 1 aromatic heterocycles. The summed E-state index contributed by atoms with van der Waals surface area (Å²) < 4.78 is 54.8. The lowest BCUT2D eigenvalue weighted by molar-refractivity contribution is -0.0497. The Morgan fingerprint density at radius 1 is 1.24 bits per heavy atom. The second-order valence-electron chi connectivity index (χ2n) is 3.83. The van der Waals surface area contributed by atoms with Crippen molar-refractivity contribution in [2.75, 3.05) is 4.72 Å². The van der Waals surface area contributed by atoms with Crippen molar-refractivity contribution in [3.63, 3.8) is 0 Å². The fraction of sp³-hybridized carbons (Fsp3) is 0.0833. The second-order valence-corrected chi connectivity index (χ2v) is 5.90. The number of pyridine rings is 1. The van der Waals surface area contributed by atoms with E-state index >= 15 is 0 Å². The van der Waals surface area contributed by atoms with E-state index in [-0.39, 0.29) is 21.5 Å². The highest BCUT2D eigenvalue weighted by Crippen LogP contribution is 2.22. The van der Waals surface area contributed by atoms with E-state index in [0.29, 0.717) is 0 Å². The Bertz CT molecular complexity index is 724. The van der Waals surface area contributed by atoms with Crippen LogP contribution >= 0.6 is 11.6 Å². The van der Waals surface area contributed by atoms with Crippen molar-refractivity contribution in [3.05, 3.63) is 47.7 Å². The van der Waals surface area contributed by atoms with Gasteiger partial charge in [0.15, 0.2) is 0 Å². The molecule has 1 N–H and O–H groups in total. The highest BCUT2D eigenvalue weighted by Gasteiger charge is 2.15. The monoisotopic (exact) mass is 334 g/mol. The molecule has 0 aliphatic heterocycles. The number of hydrogen-bond acceptors (Lipinski definition) is 4. The molecule has 0 aliphatic rings. The lowest BCUT2D eigenvalue weighted by Crippen LogP contribution is -2.13. The van der Waals surface area contributed by atoms with Crippen molar-refractivity contribution >= 4 is 27.3 Å². The van der Waals surface area contributed by atoms with E-state index in [1.807, 2.05) is 0 Å². The molecule has 5 nitrogen and oxygen atoms in total. The lowest BCUT2D eigenvalue weighted by atomic mass is 10.3. The smallest absolute Gasteiger partial charge is 0.387 e. The van der Waals surface area contributed by atoms with E-state index < -0.39 is 16.6 Å². The first kappa shape index (κ1) is 15.5. The van der Waals surface area contributed by atoms with Crippen LogP contribution in [0.25, 0.3) is 0 Å². The number of nitrogens with zero attached hydrogens (tertiary/aromatic N) is 1. The van der Waals surface area contributed by atoms with E-state index in [0.717, 1.165) is 12.3 Å². The standard InChI is InChI=1S/C12H9ClF2N2O3S/c13-11-5-4-10(7-16-11)21(18,19)17-8-2-1-3-9(6-8)20-12(14)15/h1-7,12,17H. The maximum absolute atomic E-state index is 12.1. The summed E-state index contributed by atoms with van der Waals surface area (Å²) in [6, 6.07) is 7.82. The molecular weight excluding hydrogens is 326 g/mol. The average Bonchev–Trinajstić information content (AvgIpc) is 2.38. The number of halogens is 3. The minimum absolute atomic E-state index is 0.0862. The SMILES string of the molecule is O=S(=O)(Nc1cccc(OC(F)F)c1)c1ccc(Cl)nc1. The summed E-state index contributed by atoms with van der Waals surface area (Å²) in [7, 11) is -3.89. The molecule has 21 heavy (non-hydrogen) atoms. The largest absolute Gasteiger partial charge is 0.435 e. The molecule has 9 heteroatoms. The van der Waals surface area contributed by atoms with Gasteiger partial charge in [0, 0.05) is 12.3 Å². The number of benzene rings is 1. The van der Waals surface area contributed by atoms with Gasteiger partial charge in [0.25, 0.3) is 10.0 Å². The molecular formula is C12H9ClF2N2O3S. The molecule has 1 heterocycles. The van der Waals surface area contributed by atoms with Crippen LogP contribution in [0.1, 0.15) is 0 Å². The summed E-state index contributed by atoms with van der Waals surface area (Å²) in [5.41, 5.74) is 0.0862. The number of sulfonamides is 1. The first-order valence-corrected chi connectivity index (χ1v) is 7.42. The minimum atomic E-state index is -3.89. The number of nitrogens with one attached hydrogen (secondary N) is 1. The van der Waals surface area contributed by atoms with Crippen LogP contribution in [0.15, 0.2) is 47.5 Å². The van der Waals surface area contributed by atoms with Gasteiger partial charge < -0.3 is 4.74 Å². The quantitative estimate of drug-likeness (QED) is 0.853. The Morgan fingerprint density at radius 2 is 2.00 bits per heavy atom. The molecule has 0 amide bonds. The normalized spacial score (nSPS) is 11.4. The van der Waals surface area contributed by atoms with Crippen LogP contribution in [0.3, 0.4) is 0 Å². The van der Waals surface area contributed by atoms with E-state index in [1.54, 1.807) is 0 Å². The molecule has 1 aromatic carbocycles. The highest BCUT2D eigenvalue weighted by atomic mass is 35.5. The second kappa shape index (κ2) is 6.23. The molecule has 0 spiro atoms. The van der Waals surface area contributed by atoms with Gasteiger partial charge in [-0.25, -0.2) is 13.4 Å². The maximum Gasteiger partial charge on any atom is 0.387 e. The van der Waals surface area contributed by atoms with Crippen LogP contribution < -0.4 is 9.46 Å². The zero-order valence-electron chi connectivity index (χ0n) is 10.3. The van der Waals surface area contributed by atoms with Gasteiger partial charge >= 0.3 is 6.61 Å². The van der Waals surface area contributed by atoms with Gasteiger partial charge in [0.05, 0.1) is 5.69 Å². The molecule has 0 saturated carbocycles. The third kappa shape index (κ3) is 4.27. The van der Waals surface area contributed by atoms with Gasteiger partial charge in [0.1, 0.15) is 15.8 Å². The maximum atomic E-state index is 12.1. The Kier molecular flexibility index (Phi) is 4.59. The number of rotatable bonds is 5. The van der Waals surface area contributed by atoms with E-state index in [1.165, 1.54) is 30.3 Å². The summed E-state index contributed by atoms with van der Waals surface area (Å²) in [6.07, 6.45) is 1.09. The van der Waals surface area contributed by atoms with Crippen LogP contribution in [0, 0.1) is 0 Å². The van der Waals surface area contributed by atoms with Crippen LogP contribution in [-0.2, 0) is 10.0 Å². The van der Waals surface area contributed by atoms with E-state index in [9.17, 15) is 17.2 Å². The Balaban J connectivity index is 2.22. The molecule has 0 fully saturated rings. The zero-order chi connectivity index (χ0) is 15.5. The van der Waals surface area contributed by atoms with E-state index in [2.05, 4.69) is 14.4 Å². The van der Waals surface area contributed by atoms with Crippen LogP contribution in [0.2, 0.25) is 5.15 Å².